The first-order valence-corrected chi connectivity index (χ1v) is 14.5. The lowest BCUT2D eigenvalue weighted by Crippen LogP contribution is -2.33. The molecule has 1 saturated heterocycles. The monoisotopic (exact) mass is 627 g/mol. The number of rotatable bonds is 6. The summed E-state index contributed by atoms with van der Waals surface area (Å²) in [7, 11) is 0. The lowest BCUT2D eigenvalue weighted by molar-refractivity contribution is -0.137. The second-order valence-corrected chi connectivity index (χ2v) is 11.9. The third-order valence-corrected chi connectivity index (χ3v) is 9.44. The lowest BCUT2D eigenvalue weighted by Gasteiger charge is -2.29. The Morgan fingerprint density at radius 3 is 2.37 bits per heavy atom. The number of ether oxygens (including phenoxy) is 1. The molecule has 9 nitrogen and oxygen atoms in total. The number of phenols is 1. The van der Waals surface area contributed by atoms with Crippen molar-refractivity contribution in [1.82, 2.24) is 4.98 Å². The molecule has 2 aliphatic heterocycles. The molecule has 3 N–H and O–H groups in total. The van der Waals surface area contributed by atoms with Gasteiger partial charge < -0.3 is 20.1 Å². The van der Waals surface area contributed by atoms with Gasteiger partial charge in [-0.25, -0.2) is 4.90 Å². The zero-order chi connectivity index (χ0) is 30.5. The van der Waals surface area contributed by atoms with E-state index in [-0.39, 0.29) is 17.2 Å². The van der Waals surface area contributed by atoms with Crippen LogP contribution in [0.1, 0.15) is 21.9 Å². The van der Waals surface area contributed by atoms with Crippen LogP contribution in [0.2, 0.25) is 0 Å². The maximum Gasteiger partial charge on any atom is 0.418 e. The minimum absolute atomic E-state index is 0.0544. The van der Waals surface area contributed by atoms with Gasteiger partial charge in [0.25, 0.3) is 5.91 Å². The summed E-state index contributed by atoms with van der Waals surface area (Å²) in [6.45, 7) is -0.324. The van der Waals surface area contributed by atoms with Crippen LogP contribution in [-0.4, -0.2) is 39.7 Å². The first-order chi connectivity index (χ1) is 20.5. The molecule has 3 aromatic carbocycles. The molecule has 6 rings (SSSR count). The van der Waals surface area contributed by atoms with Gasteiger partial charge in [0.1, 0.15) is 16.7 Å². The fraction of sp³-hybridized carbons (Fsp3) is 0.172. The van der Waals surface area contributed by atoms with Gasteiger partial charge in [0, 0.05) is 16.5 Å². The maximum absolute atomic E-state index is 13.8. The van der Waals surface area contributed by atoms with Crippen LogP contribution in [0.3, 0.4) is 0 Å². The van der Waals surface area contributed by atoms with Crippen molar-refractivity contribution in [1.29, 1.82) is 0 Å². The molecule has 220 valence electrons. The van der Waals surface area contributed by atoms with Crippen molar-refractivity contribution in [2.75, 3.05) is 16.8 Å². The number of aromatic amines is 1. The Balaban J connectivity index is 1.27. The average molecular weight is 628 g/mol. The van der Waals surface area contributed by atoms with E-state index in [1.807, 2.05) is 0 Å². The number of hydrogen-bond donors (Lipinski definition) is 3. The van der Waals surface area contributed by atoms with E-state index < -0.39 is 52.2 Å². The van der Waals surface area contributed by atoms with Crippen molar-refractivity contribution in [2.24, 2.45) is 5.92 Å². The number of fused-ring (bicyclic) bond motifs is 2. The van der Waals surface area contributed by atoms with Crippen molar-refractivity contribution in [3.8, 4) is 11.5 Å². The highest BCUT2D eigenvalue weighted by atomic mass is 32.2. The molecule has 0 aliphatic carbocycles. The number of nitrogens with one attached hydrogen (secondary N) is 2. The maximum atomic E-state index is 13.8. The molecule has 3 amide bonds. The second-order valence-electron chi connectivity index (χ2n) is 9.73. The summed E-state index contributed by atoms with van der Waals surface area (Å²) in [5, 5.41) is 11.3. The van der Waals surface area contributed by atoms with Gasteiger partial charge in [-0.3, -0.25) is 19.2 Å². The van der Waals surface area contributed by atoms with E-state index in [1.54, 1.807) is 24.3 Å². The van der Waals surface area contributed by atoms with Crippen LogP contribution >= 0.6 is 23.1 Å². The predicted molar refractivity (Wildman–Crippen MR) is 153 cm³/mol. The van der Waals surface area contributed by atoms with Crippen LogP contribution in [-0.2, 0) is 20.6 Å². The van der Waals surface area contributed by atoms with Crippen LogP contribution in [0, 0.1) is 5.92 Å². The van der Waals surface area contributed by atoms with Gasteiger partial charge in [-0.15, -0.1) is 0 Å². The second kappa shape index (κ2) is 10.9. The predicted octanol–water partition coefficient (Wildman–Crippen LogP) is 4.97. The topological polar surface area (TPSA) is 129 Å². The first-order valence-electron chi connectivity index (χ1n) is 12.8. The summed E-state index contributed by atoms with van der Waals surface area (Å²) in [6.07, 6.45) is -4.79. The minimum atomic E-state index is -4.79. The number of phenolic OH excluding ortho intramolecular Hbond substituents is 1. The Hall–Kier alpha value is -4.56. The van der Waals surface area contributed by atoms with Crippen LogP contribution < -0.4 is 19.8 Å². The molecule has 0 spiro atoms. The SMILES string of the molecule is O=C(COc1ccc(C2c3sc(=O)[nH]c3SC3C(=O)N(c4ccccc4C(F)(F)F)C(=O)C32)cc1)Nc1ccc(O)cc1. The van der Waals surface area contributed by atoms with Crippen molar-refractivity contribution < 1.29 is 37.4 Å². The van der Waals surface area contributed by atoms with E-state index in [2.05, 4.69) is 10.3 Å². The molecule has 0 bridgehead atoms. The van der Waals surface area contributed by atoms with Gasteiger partial charge in [0.2, 0.25) is 11.8 Å². The van der Waals surface area contributed by atoms with E-state index in [9.17, 15) is 37.5 Å². The molecule has 14 heteroatoms. The quantitative estimate of drug-likeness (QED) is 0.203. The number of amides is 3. The number of halogens is 3. The molecule has 1 fully saturated rings. The van der Waals surface area contributed by atoms with E-state index in [0.29, 0.717) is 31.8 Å². The number of hydrogen-bond acceptors (Lipinski definition) is 8. The number of carbonyl (C=O) groups excluding carboxylic acids is 3. The van der Waals surface area contributed by atoms with Crippen molar-refractivity contribution in [3.05, 3.63) is 98.5 Å². The highest BCUT2D eigenvalue weighted by Gasteiger charge is 2.57. The molecule has 43 heavy (non-hydrogen) atoms. The number of H-pyrrole nitrogens is 1. The molecule has 3 atom stereocenters. The van der Waals surface area contributed by atoms with Crippen LogP contribution in [0.25, 0.3) is 0 Å². The van der Waals surface area contributed by atoms with Gasteiger partial charge in [-0.05, 0) is 54.1 Å². The molecule has 1 aromatic heterocycles. The zero-order valence-corrected chi connectivity index (χ0v) is 23.4. The number of aromatic nitrogens is 1. The number of imide groups is 1. The Kier molecular flexibility index (Phi) is 7.26. The minimum Gasteiger partial charge on any atom is -0.508 e. The highest BCUT2D eigenvalue weighted by Crippen LogP contribution is 2.54. The van der Waals surface area contributed by atoms with Crippen molar-refractivity contribution >= 4 is 52.2 Å². The Morgan fingerprint density at radius 1 is 0.977 bits per heavy atom. The Bertz CT molecular complexity index is 1790. The molecule has 3 unspecified atom stereocenters. The standard InChI is InChI=1S/C29H20F3N3O6S2/c30-29(31,32)18-3-1-2-4-19(18)35-26(38)22-21(23-25(34-28(40)43-23)42-24(22)27(35)39)14-5-11-17(12-6-14)41-13-20(37)33-15-7-9-16(36)10-8-15/h1-12,21-22,24,36H,13H2,(H,33,37)(H,34,40). The summed E-state index contributed by atoms with van der Waals surface area (Å²) >= 11 is 1.84. The van der Waals surface area contributed by atoms with E-state index in [1.165, 1.54) is 36.4 Å². The smallest absolute Gasteiger partial charge is 0.418 e. The van der Waals surface area contributed by atoms with Crippen LogP contribution in [0.15, 0.2) is 82.6 Å². The van der Waals surface area contributed by atoms with Gasteiger partial charge in [-0.2, -0.15) is 13.2 Å². The van der Waals surface area contributed by atoms with Crippen LogP contribution in [0.4, 0.5) is 24.5 Å². The van der Waals surface area contributed by atoms with Gasteiger partial charge in [-0.1, -0.05) is 47.4 Å². The summed E-state index contributed by atoms with van der Waals surface area (Å²) in [5.41, 5.74) is -0.629. The number of para-hydroxylation sites is 1. The number of alkyl halides is 3. The van der Waals surface area contributed by atoms with Gasteiger partial charge in [0.15, 0.2) is 6.61 Å². The Labute approximate surface area is 249 Å². The van der Waals surface area contributed by atoms with E-state index in [4.69, 9.17) is 4.74 Å². The van der Waals surface area contributed by atoms with E-state index in [0.717, 1.165) is 35.2 Å². The van der Waals surface area contributed by atoms with Gasteiger partial charge >= 0.3 is 11.0 Å². The summed E-state index contributed by atoms with van der Waals surface area (Å²) < 4.78 is 47.0. The third-order valence-electron chi connectivity index (χ3n) is 7.03. The number of carbonyl (C=O) groups is 3. The fourth-order valence-electron chi connectivity index (χ4n) is 5.18. The number of benzene rings is 3. The number of aromatic hydroxyl groups is 1. The molecular formula is C29H20F3N3O6S2. The number of anilines is 2. The molecule has 4 aromatic rings. The summed E-state index contributed by atoms with van der Waals surface area (Å²) in [4.78, 5) is 55.3. The molecule has 0 saturated carbocycles. The number of thiazole rings is 1. The van der Waals surface area contributed by atoms with Gasteiger partial charge in [0.05, 0.1) is 22.2 Å². The molecule has 0 radical (unpaired) electrons. The van der Waals surface area contributed by atoms with Crippen molar-refractivity contribution in [2.45, 2.75) is 22.4 Å². The molecule has 3 heterocycles. The fourth-order valence-corrected chi connectivity index (χ4v) is 7.70. The van der Waals surface area contributed by atoms with Crippen LogP contribution in [0.5, 0.6) is 11.5 Å². The Morgan fingerprint density at radius 2 is 1.67 bits per heavy atom. The highest BCUT2D eigenvalue weighted by molar-refractivity contribution is 8.00. The zero-order valence-electron chi connectivity index (χ0n) is 21.8. The number of nitrogens with zero attached hydrogens (tertiary/aromatic N) is 1. The molecular weight excluding hydrogens is 607 g/mol. The lowest BCUT2D eigenvalue weighted by atomic mass is 9.83. The van der Waals surface area contributed by atoms with Crippen molar-refractivity contribution in [3.63, 3.8) is 0 Å². The third kappa shape index (κ3) is 5.39. The largest absolute Gasteiger partial charge is 0.508 e. The number of thioether (sulfide) groups is 1. The average Bonchev–Trinajstić information content (AvgIpc) is 3.47. The normalized spacial score (nSPS) is 19.6. The summed E-state index contributed by atoms with van der Waals surface area (Å²) in [6, 6.07) is 16.7. The van der Waals surface area contributed by atoms with E-state index >= 15 is 0 Å². The first kappa shape index (κ1) is 28.6. The summed E-state index contributed by atoms with van der Waals surface area (Å²) in [5.74, 6) is -3.52. The molecule has 2 aliphatic rings.